The lowest BCUT2D eigenvalue weighted by Gasteiger charge is -2.46. The number of anilines is 6. The zero-order valence-corrected chi connectivity index (χ0v) is 34.2. The highest BCUT2D eigenvalue weighted by molar-refractivity contribution is 7.33. The number of fused-ring (bicyclic) bond motifs is 7. The van der Waals surface area contributed by atoms with Crippen LogP contribution in [0.4, 0.5) is 34.1 Å². The number of benzene rings is 6. The van der Waals surface area contributed by atoms with Crippen LogP contribution in [-0.2, 0) is 16.2 Å². The molecule has 0 atom stereocenters. The number of thiophene rings is 1. The van der Waals surface area contributed by atoms with E-state index in [2.05, 4.69) is 193 Å². The van der Waals surface area contributed by atoms with E-state index < -0.39 is 0 Å². The first-order valence-electron chi connectivity index (χ1n) is 20.0. The van der Waals surface area contributed by atoms with Gasteiger partial charge in [-0.15, -0.1) is 11.3 Å². The summed E-state index contributed by atoms with van der Waals surface area (Å²) in [6, 6.07) is 48.6. The van der Waals surface area contributed by atoms with Crippen molar-refractivity contribution >= 4 is 78.0 Å². The highest BCUT2D eigenvalue weighted by atomic mass is 32.1. The molecule has 0 radical (unpaired) electrons. The lowest BCUT2D eigenvalue weighted by atomic mass is 9.32. The largest absolute Gasteiger partial charge is 0.310 e. The Bertz CT molecular complexity index is 2630. The number of rotatable bonds is 4. The second-order valence-electron chi connectivity index (χ2n) is 18.2. The van der Waals surface area contributed by atoms with Crippen molar-refractivity contribution in [3.63, 3.8) is 0 Å². The van der Waals surface area contributed by atoms with E-state index in [9.17, 15) is 0 Å². The number of hydrogen-bond acceptors (Lipinski definition) is 3. The van der Waals surface area contributed by atoms with E-state index in [1.807, 2.05) is 11.3 Å². The van der Waals surface area contributed by atoms with Crippen LogP contribution in [0.1, 0.15) is 87.8 Å². The Morgan fingerprint density at radius 2 is 1.20 bits per heavy atom. The van der Waals surface area contributed by atoms with Crippen LogP contribution in [0.2, 0.25) is 0 Å². The Hall–Kier alpha value is -5.06. The van der Waals surface area contributed by atoms with Crippen LogP contribution >= 0.6 is 11.3 Å². The van der Waals surface area contributed by atoms with Crippen molar-refractivity contribution in [3.8, 4) is 0 Å². The average molecular weight is 733 g/mol. The van der Waals surface area contributed by atoms with Crippen LogP contribution in [0.5, 0.6) is 0 Å². The standard InChI is InChI=1S/C51H49BN2S/c1-32-20-24-45-38(27-32)47-48(55-45)52-43-28-33(2)19-22-40(43)51(7,8)42-30-37(53(34-15-11-9-12-16-34)35-17-13-10-14-18-35)31-44(46(42)52)54(47)36-21-23-39-41(29-36)50(5,6)26-25-49(39,3)4/h9-24,27-31H,25-26H2,1-8H3. The van der Waals surface area contributed by atoms with Crippen molar-refractivity contribution in [1.82, 2.24) is 0 Å². The monoisotopic (exact) mass is 732 g/mol. The molecule has 0 bridgehead atoms. The molecule has 0 amide bonds. The van der Waals surface area contributed by atoms with Crippen molar-refractivity contribution in [3.05, 3.63) is 161 Å². The summed E-state index contributed by atoms with van der Waals surface area (Å²) in [6.07, 6.45) is 2.39. The third kappa shape index (κ3) is 5.13. The van der Waals surface area contributed by atoms with E-state index in [4.69, 9.17) is 0 Å². The maximum Gasteiger partial charge on any atom is 0.260 e. The van der Waals surface area contributed by atoms with Crippen LogP contribution < -0.4 is 25.5 Å². The molecule has 0 saturated carbocycles. The van der Waals surface area contributed by atoms with Crippen LogP contribution in [-0.4, -0.2) is 6.71 Å². The molecule has 3 heterocycles. The van der Waals surface area contributed by atoms with Gasteiger partial charge in [0, 0.05) is 48.7 Å². The van der Waals surface area contributed by atoms with E-state index in [1.54, 1.807) is 0 Å². The molecule has 0 saturated heterocycles. The van der Waals surface area contributed by atoms with Crippen molar-refractivity contribution in [2.75, 3.05) is 9.80 Å². The molecule has 2 aliphatic heterocycles. The Morgan fingerprint density at radius 3 is 1.89 bits per heavy atom. The molecule has 0 fully saturated rings. The lowest BCUT2D eigenvalue weighted by molar-refractivity contribution is 0.332. The van der Waals surface area contributed by atoms with Gasteiger partial charge in [-0.25, -0.2) is 0 Å². The summed E-state index contributed by atoms with van der Waals surface area (Å²) >= 11 is 2.00. The zero-order chi connectivity index (χ0) is 38.0. The molecule has 272 valence electrons. The molecule has 55 heavy (non-hydrogen) atoms. The fraction of sp³-hybridized carbons (Fsp3) is 0.255. The summed E-state index contributed by atoms with van der Waals surface area (Å²) in [5.74, 6) is 0. The Morgan fingerprint density at radius 1 is 0.582 bits per heavy atom. The van der Waals surface area contributed by atoms with Gasteiger partial charge in [-0.3, -0.25) is 0 Å². The van der Waals surface area contributed by atoms with Gasteiger partial charge < -0.3 is 9.80 Å². The second-order valence-corrected chi connectivity index (χ2v) is 19.3. The Labute approximate surface area is 331 Å². The molecule has 0 unspecified atom stereocenters. The van der Waals surface area contributed by atoms with Crippen LogP contribution in [0.15, 0.2) is 127 Å². The molecule has 0 N–H and O–H groups in total. The van der Waals surface area contributed by atoms with Crippen molar-refractivity contribution in [1.29, 1.82) is 0 Å². The van der Waals surface area contributed by atoms with Crippen molar-refractivity contribution in [2.24, 2.45) is 0 Å². The molecule has 4 heteroatoms. The average Bonchev–Trinajstić information content (AvgIpc) is 3.54. The molecule has 6 aromatic carbocycles. The van der Waals surface area contributed by atoms with Crippen molar-refractivity contribution < 1.29 is 0 Å². The summed E-state index contributed by atoms with van der Waals surface area (Å²) in [5.41, 5.74) is 18.7. The SMILES string of the molecule is Cc1ccc2c(c1)B1c3sc4ccc(C)cc4c3N(c3ccc4c(c3)C(C)(C)CCC4(C)C)c3cc(N(c4ccccc4)c4ccccc4)cc(c31)C2(C)C. The summed E-state index contributed by atoms with van der Waals surface area (Å²) in [5, 5.41) is 1.34. The number of aryl methyl sites for hydroxylation is 2. The smallest absolute Gasteiger partial charge is 0.260 e. The van der Waals surface area contributed by atoms with Gasteiger partial charge in [0.05, 0.1) is 5.69 Å². The van der Waals surface area contributed by atoms with Gasteiger partial charge in [-0.2, -0.15) is 0 Å². The first-order chi connectivity index (χ1) is 26.3. The zero-order valence-electron chi connectivity index (χ0n) is 33.4. The van der Waals surface area contributed by atoms with E-state index in [1.165, 1.54) is 94.8 Å². The highest BCUT2D eigenvalue weighted by Gasteiger charge is 2.48. The van der Waals surface area contributed by atoms with Gasteiger partial charge in [-0.1, -0.05) is 125 Å². The van der Waals surface area contributed by atoms with Crippen LogP contribution in [0.3, 0.4) is 0 Å². The number of para-hydroxylation sites is 2. The van der Waals surface area contributed by atoms with Gasteiger partial charge in [0.1, 0.15) is 0 Å². The normalized spacial score (nSPS) is 16.9. The van der Waals surface area contributed by atoms with Gasteiger partial charge in [0.15, 0.2) is 0 Å². The number of nitrogens with zero attached hydrogens (tertiary/aromatic N) is 2. The summed E-state index contributed by atoms with van der Waals surface area (Å²) < 4.78 is 2.80. The maximum atomic E-state index is 2.68. The van der Waals surface area contributed by atoms with Crippen molar-refractivity contribution in [2.45, 2.75) is 84.5 Å². The topological polar surface area (TPSA) is 6.48 Å². The predicted octanol–water partition coefficient (Wildman–Crippen LogP) is 12.3. The minimum Gasteiger partial charge on any atom is -0.310 e. The fourth-order valence-electron chi connectivity index (χ4n) is 10.2. The minimum atomic E-state index is -0.225. The maximum absolute atomic E-state index is 2.68. The molecule has 1 aromatic heterocycles. The molecule has 1 aliphatic carbocycles. The fourth-order valence-corrected chi connectivity index (χ4v) is 11.5. The Balaban J connectivity index is 1.35. The summed E-state index contributed by atoms with van der Waals surface area (Å²) in [6.45, 7) is 19.3. The molecular weight excluding hydrogens is 683 g/mol. The van der Waals surface area contributed by atoms with E-state index >= 15 is 0 Å². The summed E-state index contributed by atoms with van der Waals surface area (Å²) in [7, 11) is 0. The van der Waals surface area contributed by atoms with E-state index in [-0.39, 0.29) is 23.0 Å². The Kier molecular flexibility index (Phi) is 7.50. The van der Waals surface area contributed by atoms with Gasteiger partial charge >= 0.3 is 0 Å². The second kappa shape index (κ2) is 12.0. The highest BCUT2D eigenvalue weighted by Crippen LogP contribution is 2.52. The van der Waals surface area contributed by atoms with Crippen LogP contribution in [0, 0.1) is 13.8 Å². The third-order valence-corrected chi connectivity index (χ3v) is 14.5. The predicted molar refractivity (Wildman–Crippen MR) is 239 cm³/mol. The van der Waals surface area contributed by atoms with Gasteiger partial charge in [-0.05, 0) is 126 Å². The molecule has 7 aromatic rings. The summed E-state index contributed by atoms with van der Waals surface area (Å²) in [4.78, 5) is 5.13. The quantitative estimate of drug-likeness (QED) is 0.166. The first-order valence-corrected chi connectivity index (χ1v) is 20.8. The molecule has 2 nitrogen and oxygen atoms in total. The lowest BCUT2D eigenvalue weighted by Crippen LogP contribution is -2.63. The van der Waals surface area contributed by atoms with E-state index in [0.29, 0.717) is 0 Å². The number of hydrogen-bond donors (Lipinski definition) is 0. The minimum absolute atomic E-state index is 0.0898. The first kappa shape index (κ1) is 34.4. The third-order valence-electron chi connectivity index (χ3n) is 13.2. The van der Waals surface area contributed by atoms with Crippen LogP contribution in [0.25, 0.3) is 10.1 Å². The van der Waals surface area contributed by atoms with Gasteiger partial charge in [0.2, 0.25) is 0 Å². The molecular formula is C51H49BN2S. The van der Waals surface area contributed by atoms with Gasteiger partial charge in [0.25, 0.3) is 6.71 Å². The molecule has 0 spiro atoms. The van der Waals surface area contributed by atoms with E-state index in [0.717, 1.165) is 11.4 Å². The molecule has 10 rings (SSSR count). The molecule has 3 aliphatic rings.